The molecular weight excluding hydrogens is 400 g/mol. The molecule has 0 radical (unpaired) electrons. The summed E-state index contributed by atoms with van der Waals surface area (Å²) in [6.07, 6.45) is 7.09. The normalized spacial score (nSPS) is 22.0. The molecule has 2 aliphatic heterocycles. The summed E-state index contributed by atoms with van der Waals surface area (Å²) >= 11 is 1.61. The molecular formula is C22H26N4O3S. The standard InChI is InChI=1S/C22H26N4O3S/c1-13(27)26-10-7-14(8-11-26)16-4-5-17(29-3)18-19(16)30-21(25-18)22(2)12-15(20(23)28)6-9-24-22/h4-6,9,12,14,24H,7-8,10-11H2,1-3H3,(H2,23,28). The zero-order valence-corrected chi connectivity index (χ0v) is 18.2. The smallest absolute Gasteiger partial charge is 0.248 e. The van der Waals surface area contributed by atoms with E-state index in [-0.39, 0.29) is 5.91 Å². The van der Waals surface area contributed by atoms with Crippen LogP contribution < -0.4 is 15.8 Å². The largest absolute Gasteiger partial charge is 0.494 e. The van der Waals surface area contributed by atoms with Gasteiger partial charge in [0.2, 0.25) is 11.8 Å². The van der Waals surface area contributed by atoms with Gasteiger partial charge in [-0.2, -0.15) is 0 Å². The van der Waals surface area contributed by atoms with Gasteiger partial charge >= 0.3 is 0 Å². The van der Waals surface area contributed by atoms with Crippen molar-refractivity contribution in [2.24, 2.45) is 5.73 Å². The average Bonchev–Trinajstić information content (AvgIpc) is 3.19. The number of nitrogens with two attached hydrogens (primary N) is 1. The maximum atomic E-state index is 11.7. The number of nitrogens with zero attached hydrogens (tertiary/aromatic N) is 2. The van der Waals surface area contributed by atoms with Gasteiger partial charge in [-0.05, 0) is 55.7 Å². The lowest BCUT2D eigenvalue weighted by Gasteiger charge is -2.31. The third kappa shape index (κ3) is 3.56. The summed E-state index contributed by atoms with van der Waals surface area (Å²) in [5.41, 5.74) is 7.38. The number of hydrogen-bond acceptors (Lipinski definition) is 6. The SMILES string of the molecule is COc1ccc(C2CCN(C(C)=O)CC2)c2sc(C3(C)C=C(C(N)=O)C=CN3)nc12. The van der Waals surface area contributed by atoms with E-state index < -0.39 is 11.4 Å². The fourth-order valence-electron chi connectivity index (χ4n) is 4.20. The van der Waals surface area contributed by atoms with Crippen molar-refractivity contribution in [1.29, 1.82) is 0 Å². The second kappa shape index (κ2) is 7.75. The van der Waals surface area contributed by atoms with Crippen LogP contribution in [-0.4, -0.2) is 41.9 Å². The van der Waals surface area contributed by atoms with Crippen LogP contribution in [0, 0.1) is 0 Å². The number of primary amides is 1. The highest BCUT2D eigenvalue weighted by Gasteiger charge is 2.32. The summed E-state index contributed by atoms with van der Waals surface area (Å²) in [7, 11) is 1.65. The molecule has 2 amide bonds. The summed E-state index contributed by atoms with van der Waals surface area (Å²) < 4.78 is 6.67. The van der Waals surface area contributed by atoms with Crippen molar-refractivity contribution in [3.8, 4) is 5.75 Å². The average molecular weight is 427 g/mol. The van der Waals surface area contributed by atoms with E-state index in [4.69, 9.17) is 15.5 Å². The van der Waals surface area contributed by atoms with Crippen molar-refractivity contribution in [1.82, 2.24) is 15.2 Å². The highest BCUT2D eigenvalue weighted by atomic mass is 32.1. The highest BCUT2D eigenvalue weighted by molar-refractivity contribution is 7.19. The minimum absolute atomic E-state index is 0.134. The van der Waals surface area contributed by atoms with E-state index in [0.29, 0.717) is 11.5 Å². The summed E-state index contributed by atoms with van der Waals surface area (Å²) in [6.45, 7) is 5.15. The van der Waals surface area contributed by atoms with Gasteiger partial charge in [0.05, 0.1) is 11.8 Å². The molecule has 1 saturated heterocycles. The Labute approximate surface area is 179 Å². The molecule has 1 atom stereocenters. The van der Waals surface area contributed by atoms with Gasteiger partial charge in [-0.3, -0.25) is 9.59 Å². The molecule has 2 aromatic rings. The molecule has 0 bridgehead atoms. The Morgan fingerprint density at radius 2 is 2.07 bits per heavy atom. The fourth-order valence-corrected chi connectivity index (χ4v) is 5.45. The number of hydrogen-bond donors (Lipinski definition) is 2. The van der Waals surface area contributed by atoms with Crippen molar-refractivity contribution in [2.45, 2.75) is 38.1 Å². The molecule has 0 aliphatic carbocycles. The maximum Gasteiger partial charge on any atom is 0.248 e. The monoisotopic (exact) mass is 426 g/mol. The zero-order chi connectivity index (χ0) is 21.5. The van der Waals surface area contributed by atoms with Gasteiger partial charge in [0.25, 0.3) is 0 Å². The highest BCUT2D eigenvalue weighted by Crippen LogP contribution is 2.42. The molecule has 1 unspecified atom stereocenters. The topological polar surface area (TPSA) is 97.5 Å². The number of thiazole rings is 1. The lowest BCUT2D eigenvalue weighted by molar-refractivity contribution is -0.129. The van der Waals surface area contributed by atoms with Crippen LogP contribution in [0.1, 0.15) is 43.2 Å². The van der Waals surface area contributed by atoms with Crippen LogP contribution in [0.4, 0.5) is 0 Å². The Balaban J connectivity index is 1.75. The number of fused-ring (bicyclic) bond motifs is 1. The van der Waals surface area contributed by atoms with Crippen LogP contribution >= 0.6 is 11.3 Å². The number of carbonyl (C=O) groups is 2. The fraction of sp³-hybridized carbons (Fsp3) is 0.409. The van der Waals surface area contributed by atoms with E-state index in [1.807, 2.05) is 24.0 Å². The van der Waals surface area contributed by atoms with Crippen molar-refractivity contribution in [2.75, 3.05) is 20.2 Å². The van der Waals surface area contributed by atoms with Crippen molar-refractivity contribution in [3.63, 3.8) is 0 Å². The minimum atomic E-state index is -0.636. The van der Waals surface area contributed by atoms with Crippen LogP contribution in [-0.2, 0) is 15.1 Å². The third-order valence-corrected chi connectivity index (χ3v) is 7.30. The lowest BCUT2D eigenvalue weighted by Crippen LogP contribution is -2.37. The first-order valence-electron chi connectivity index (χ1n) is 10.0. The van der Waals surface area contributed by atoms with Crippen molar-refractivity contribution >= 4 is 33.4 Å². The van der Waals surface area contributed by atoms with Gasteiger partial charge in [-0.25, -0.2) is 4.98 Å². The Hall–Kier alpha value is -2.87. The maximum absolute atomic E-state index is 11.7. The summed E-state index contributed by atoms with van der Waals surface area (Å²) in [5.74, 6) is 0.767. The third-order valence-electron chi connectivity index (χ3n) is 5.96. The first-order valence-corrected chi connectivity index (χ1v) is 10.8. The number of dihydropyridines is 1. The minimum Gasteiger partial charge on any atom is -0.494 e. The van der Waals surface area contributed by atoms with Crippen molar-refractivity contribution in [3.05, 3.63) is 46.6 Å². The molecule has 4 rings (SSSR count). The Kier molecular flexibility index (Phi) is 5.27. The number of methoxy groups -OCH3 is 1. The van der Waals surface area contributed by atoms with Gasteiger partial charge in [-0.1, -0.05) is 6.07 Å². The molecule has 158 valence electrons. The quantitative estimate of drug-likeness (QED) is 0.784. The van der Waals surface area contributed by atoms with Gasteiger partial charge in [-0.15, -0.1) is 11.3 Å². The van der Waals surface area contributed by atoms with E-state index >= 15 is 0 Å². The van der Waals surface area contributed by atoms with Crippen molar-refractivity contribution < 1.29 is 14.3 Å². The molecule has 3 N–H and O–H groups in total. The number of piperidine rings is 1. The Bertz CT molecular complexity index is 1070. The molecule has 8 heteroatoms. The summed E-state index contributed by atoms with van der Waals surface area (Å²) in [6, 6.07) is 4.10. The first kappa shape index (κ1) is 20.4. The predicted octanol–water partition coefficient (Wildman–Crippen LogP) is 2.77. The summed E-state index contributed by atoms with van der Waals surface area (Å²) in [4.78, 5) is 30.2. The Morgan fingerprint density at radius 1 is 1.33 bits per heavy atom. The van der Waals surface area contributed by atoms with Gasteiger partial charge in [0.1, 0.15) is 21.8 Å². The number of likely N-dealkylation sites (tertiary alicyclic amines) is 1. The molecule has 7 nitrogen and oxygen atoms in total. The van der Waals surface area contributed by atoms with Gasteiger partial charge < -0.3 is 20.7 Å². The zero-order valence-electron chi connectivity index (χ0n) is 17.4. The van der Waals surface area contributed by atoms with E-state index in [9.17, 15) is 9.59 Å². The van der Waals surface area contributed by atoms with E-state index in [0.717, 1.165) is 46.9 Å². The number of benzene rings is 1. The molecule has 0 spiro atoms. The molecule has 2 aliphatic rings. The Morgan fingerprint density at radius 3 is 2.70 bits per heavy atom. The lowest BCUT2D eigenvalue weighted by atomic mass is 9.89. The van der Waals surface area contributed by atoms with E-state index in [1.165, 1.54) is 5.56 Å². The van der Waals surface area contributed by atoms with Crippen LogP contribution in [0.2, 0.25) is 0 Å². The number of rotatable bonds is 4. The number of nitrogens with one attached hydrogen (secondary N) is 1. The molecule has 1 aromatic heterocycles. The number of carbonyl (C=O) groups excluding carboxylic acids is 2. The predicted molar refractivity (Wildman–Crippen MR) is 117 cm³/mol. The molecule has 1 fully saturated rings. The first-order chi connectivity index (χ1) is 14.3. The number of amides is 2. The van der Waals surface area contributed by atoms with Crippen LogP contribution in [0.15, 0.2) is 36.1 Å². The van der Waals surface area contributed by atoms with E-state index in [1.54, 1.807) is 37.6 Å². The number of ether oxygens (including phenoxy) is 1. The number of aromatic nitrogens is 1. The molecule has 30 heavy (non-hydrogen) atoms. The molecule has 1 aromatic carbocycles. The second-order valence-corrected chi connectivity index (χ2v) is 8.98. The van der Waals surface area contributed by atoms with Gasteiger partial charge in [0, 0.05) is 25.6 Å². The van der Waals surface area contributed by atoms with Crippen LogP contribution in [0.3, 0.4) is 0 Å². The van der Waals surface area contributed by atoms with E-state index in [2.05, 4.69) is 11.4 Å². The van der Waals surface area contributed by atoms with Crippen LogP contribution in [0.25, 0.3) is 10.2 Å². The molecule has 3 heterocycles. The second-order valence-electron chi connectivity index (χ2n) is 7.98. The van der Waals surface area contributed by atoms with Crippen LogP contribution in [0.5, 0.6) is 5.75 Å². The summed E-state index contributed by atoms with van der Waals surface area (Å²) in [5, 5.41) is 4.15. The van der Waals surface area contributed by atoms with Gasteiger partial charge in [0.15, 0.2) is 0 Å². The molecule has 0 saturated carbocycles.